The summed E-state index contributed by atoms with van der Waals surface area (Å²) in [6.07, 6.45) is 5.89. The number of anilines is 2. The summed E-state index contributed by atoms with van der Waals surface area (Å²) in [5.74, 6) is 1.43. The van der Waals surface area contributed by atoms with E-state index in [0.717, 1.165) is 50.7 Å². The largest absolute Gasteiger partial charge is 0.357 e. The third-order valence-electron chi connectivity index (χ3n) is 4.47. The van der Waals surface area contributed by atoms with Gasteiger partial charge in [0.25, 0.3) is 0 Å². The average molecular weight is 292 g/mol. The average Bonchev–Trinajstić information content (AvgIpc) is 2.96. The number of ether oxygens (including phenoxy) is 2. The molecular weight excluding hydrogens is 268 g/mol. The molecule has 116 valence electrons. The van der Waals surface area contributed by atoms with Crippen molar-refractivity contribution in [1.29, 1.82) is 0 Å². The molecule has 0 atom stereocenters. The minimum absolute atomic E-state index is 0.294. The predicted octanol–water partition coefficient (Wildman–Crippen LogP) is 1.66. The normalized spacial score (nSPS) is 21.7. The van der Waals surface area contributed by atoms with Crippen molar-refractivity contribution in [2.75, 3.05) is 44.2 Å². The molecule has 3 rings (SSSR count). The Balaban J connectivity index is 1.66. The van der Waals surface area contributed by atoms with Crippen LogP contribution in [0.15, 0.2) is 12.3 Å². The van der Waals surface area contributed by atoms with E-state index in [1.807, 2.05) is 31.3 Å². The molecule has 1 saturated heterocycles. The molecule has 1 spiro atoms. The van der Waals surface area contributed by atoms with Gasteiger partial charge in [-0.15, -0.1) is 0 Å². The van der Waals surface area contributed by atoms with Gasteiger partial charge in [-0.2, -0.15) is 4.98 Å². The quantitative estimate of drug-likeness (QED) is 0.844. The monoisotopic (exact) mass is 292 g/mol. The van der Waals surface area contributed by atoms with Gasteiger partial charge in [-0.05, 0) is 18.9 Å². The van der Waals surface area contributed by atoms with Gasteiger partial charge < -0.3 is 19.3 Å². The lowest BCUT2D eigenvalue weighted by atomic mass is 9.89. The summed E-state index contributed by atoms with van der Waals surface area (Å²) >= 11 is 0. The molecule has 6 heteroatoms. The van der Waals surface area contributed by atoms with E-state index in [1.165, 1.54) is 0 Å². The minimum atomic E-state index is -0.294. The molecule has 2 heterocycles. The van der Waals surface area contributed by atoms with Gasteiger partial charge >= 0.3 is 0 Å². The van der Waals surface area contributed by atoms with Crippen LogP contribution in [0.3, 0.4) is 0 Å². The summed E-state index contributed by atoms with van der Waals surface area (Å²) < 4.78 is 11.6. The number of rotatable bonds is 3. The lowest BCUT2D eigenvalue weighted by molar-refractivity contribution is -0.178. The Morgan fingerprint density at radius 1 is 1.14 bits per heavy atom. The zero-order chi connectivity index (χ0) is 14.9. The van der Waals surface area contributed by atoms with Crippen molar-refractivity contribution in [3.8, 4) is 0 Å². The molecule has 1 aliphatic carbocycles. The molecule has 0 bridgehead atoms. The second kappa shape index (κ2) is 5.77. The van der Waals surface area contributed by atoms with Crippen LogP contribution in [0.2, 0.25) is 0 Å². The standard InChI is InChI=1S/C15H24N4O2/c1-18(2)14-16-9-6-13(17-14)19(3)12-4-7-15(8-5-12)20-10-11-21-15/h6,9,12H,4-5,7-8,10-11H2,1-3H3. The summed E-state index contributed by atoms with van der Waals surface area (Å²) in [7, 11) is 6.03. The second-order valence-electron chi connectivity index (χ2n) is 6.06. The first-order chi connectivity index (χ1) is 10.1. The van der Waals surface area contributed by atoms with E-state index in [0.29, 0.717) is 6.04 Å². The van der Waals surface area contributed by atoms with E-state index in [2.05, 4.69) is 21.9 Å². The summed E-state index contributed by atoms with van der Waals surface area (Å²) in [6, 6.07) is 2.45. The van der Waals surface area contributed by atoms with Gasteiger partial charge in [-0.3, -0.25) is 0 Å². The van der Waals surface area contributed by atoms with Gasteiger partial charge in [0.2, 0.25) is 5.95 Å². The van der Waals surface area contributed by atoms with Crippen LogP contribution in [0.5, 0.6) is 0 Å². The predicted molar refractivity (Wildman–Crippen MR) is 81.7 cm³/mol. The topological polar surface area (TPSA) is 50.7 Å². The molecule has 0 unspecified atom stereocenters. The fraction of sp³-hybridized carbons (Fsp3) is 0.733. The van der Waals surface area contributed by atoms with Crippen molar-refractivity contribution >= 4 is 11.8 Å². The fourth-order valence-corrected chi connectivity index (χ4v) is 3.15. The Bertz CT molecular complexity index is 478. The zero-order valence-corrected chi connectivity index (χ0v) is 13.1. The highest BCUT2D eigenvalue weighted by molar-refractivity contribution is 5.43. The Morgan fingerprint density at radius 3 is 2.43 bits per heavy atom. The SMILES string of the molecule is CN(C)c1nccc(N(C)C2CCC3(CC2)OCCO3)n1. The zero-order valence-electron chi connectivity index (χ0n) is 13.1. The number of aromatic nitrogens is 2. The molecule has 1 saturated carbocycles. The van der Waals surface area contributed by atoms with Crippen LogP contribution >= 0.6 is 0 Å². The molecule has 2 fully saturated rings. The third kappa shape index (κ3) is 2.96. The molecule has 21 heavy (non-hydrogen) atoms. The smallest absolute Gasteiger partial charge is 0.226 e. The highest BCUT2D eigenvalue weighted by Gasteiger charge is 2.41. The van der Waals surface area contributed by atoms with Crippen molar-refractivity contribution < 1.29 is 9.47 Å². The molecule has 0 aromatic carbocycles. The Morgan fingerprint density at radius 2 is 1.81 bits per heavy atom. The first-order valence-electron chi connectivity index (χ1n) is 7.61. The van der Waals surface area contributed by atoms with Gasteiger partial charge in [0.15, 0.2) is 5.79 Å². The molecule has 0 N–H and O–H groups in total. The first kappa shape index (κ1) is 14.5. The Labute approximate surface area is 126 Å². The van der Waals surface area contributed by atoms with Crippen LogP contribution in [-0.2, 0) is 9.47 Å². The maximum atomic E-state index is 5.79. The van der Waals surface area contributed by atoms with Crippen LogP contribution < -0.4 is 9.80 Å². The molecular formula is C15H24N4O2. The van der Waals surface area contributed by atoms with Crippen LogP contribution in [0.25, 0.3) is 0 Å². The number of hydrogen-bond donors (Lipinski definition) is 0. The van der Waals surface area contributed by atoms with Gasteiger partial charge in [0.05, 0.1) is 13.2 Å². The maximum Gasteiger partial charge on any atom is 0.226 e. The second-order valence-corrected chi connectivity index (χ2v) is 6.06. The van der Waals surface area contributed by atoms with E-state index < -0.39 is 0 Å². The van der Waals surface area contributed by atoms with E-state index in [-0.39, 0.29) is 5.79 Å². The van der Waals surface area contributed by atoms with E-state index in [4.69, 9.17) is 9.47 Å². The summed E-state index contributed by atoms with van der Waals surface area (Å²) in [5.41, 5.74) is 0. The fourth-order valence-electron chi connectivity index (χ4n) is 3.15. The van der Waals surface area contributed by atoms with Crippen molar-refractivity contribution in [2.45, 2.75) is 37.5 Å². The molecule has 1 aliphatic heterocycles. The minimum Gasteiger partial charge on any atom is -0.357 e. The number of nitrogens with zero attached hydrogens (tertiary/aromatic N) is 4. The van der Waals surface area contributed by atoms with Crippen LogP contribution in [0.1, 0.15) is 25.7 Å². The van der Waals surface area contributed by atoms with Crippen LogP contribution in [0.4, 0.5) is 11.8 Å². The van der Waals surface area contributed by atoms with Gasteiger partial charge in [0.1, 0.15) is 5.82 Å². The number of hydrogen-bond acceptors (Lipinski definition) is 6. The van der Waals surface area contributed by atoms with Gasteiger partial charge in [-0.25, -0.2) is 4.98 Å². The summed E-state index contributed by atoms with van der Waals surface area (Å²) in [4.78, 5) is 13.1. The Hall–Kier alpha value is -1.40. The van der Waals surface area contributed by atoms with Crippen molar-refractivity contribution in [3.63, 3.8) is 0 Å². The van der Waals surface area contributed by atoms with E-state index in [1.54, 1.807) is 0 Å². The lowest BCUT2D eigenvalue weighted by Crippen LogP contribution is -2.43. The molecule has 2 aliphatic rings. The molecule has 6 nitrogen and oxygen atoms in total. The van der Waals surface area contributed by atoms with E-state index in [9.17, 15) is 0 Å². The molecule has 0 radical (unpaired) electrons. The van der Waals surface area contributed by atoms with Gasteiger partial charge in [-0.1, -0.05) is 0 Å². The van der Waals surface area contributed by atoms with Gasteiger partial charge in [0, 0.05) is 46.2 Å². The van der Waals surface area contributed by atoms with Crippen LogP contribution in [0, 0.1) is 0 Å². The Kier molecular flexibility index (Phi) is 3.99. The summed E-state index contributed by atoms with van der Waals surface area (Å²) in [5, 5.41) is 0. The van der Waals surface area contributed by atoms with Crippen molar-refractivity contribution in [1.82, 2.24) is 9.97 Å². The highest BCUT2D eigenvalue weighted by Crippen LogP contribution is 2.37. The lowest BCUT2D eigenvalue weighted by Gasteiger charge is -2.39. The molecule has 1 aromatic heterocycles. The maximum absolute atomic E-state index is 5.79. The highest BCUT2D eigenvalue weighted by atomic mass is 16.7. The van der Waals surface area contributed by atoms with Crippen molar-refractivity contribution in [3.05, 3.63) is 12.3 Å². The van der Waals surface area contributed by atoms with Crippen molar-refractivity contribution in [2.24, 2.45) is 0 Å². The molecule has 1 aromatic rings. The third-order valence-corrected chi connectivity index (χ3v) is 4.47. The first-order valence-corrected chi connectivity index (χ1v) is 7.61. The van der Waals surface area contributed by atoms with Crippen LogP contribution in [-0.4, -0.2) is 56.2 Å². The van der Waals surface area contributed by atoms with E-state index >= 15 is 0 Å². The summed E-state index contributed by atoms with van der Waals surface area (Å²) in [6.45, 7) is 1.47. The molecule has 0 amide bonds.